The molecule has 0 unspecified atom stereocenters. The lowest BCUT2D eigenvalue weighted by molar-refractivity contribution is 0.0940. The van der Waals surface area contributed by atoms with Crippen LogP contribution in [0.4, 0.5) is 0 Å². The first-order valence-electron chi connectivity index (χ1n) is 7.72. The molecule has 3 N–H and O–H groups in total. The third-order valence-electron chi connectivity index (χ3n) is 3.30. The summed E-state index contributed by atoms with van der Waals surface area (Å²) in [5.74, 6) is 0.725. The van der Waals surface area contributed by atoms with Crippen molar-refractivity contribution in [3.8, 4) is 17.2 Å². The van der Waals surface area contributed by atoms with Gasteiger partial charge in [-0.3, -0.25) is 15.6 Å². The van der Waals surface area contributed by atoms with Gasteiger partial charge in [-0.05, 0) is 30.8 Å². The Morgan fingerprint density at radius 1 is 1.04 bits per heavy atom. The van der Waals surface area contributed by atoms with Crippen LogP contribution in [-0.2, 0) is 0 Å². The molecular formula is C16H25N3O4S. The highest BCUT2D eigenvalue weighted by Gasteiger charge is 2.20. The Morgan fingerprint density at radius 3 is 2.33 bits per heavy atom. The van der Waals surface area contributed by atoms with Gasteiger partial charge in [-0.2, -0.15) is 0 Å². The Kier molecular flexibility index (Phi) is 8.70. The number of hydrogen-bond acceptors (Lipinski definition) is 5. The van der Waals surface area contributed by atoms with E-state index in [1.54, 1.807) is 12.1 Å². The van der Waals surface area contributed by atoms with E-state index >= 15 is 0 Å². The zero-order valence-electron chi connectivity index (χ0n) is 14.5. The van der Waals surface area contributed by atoms with E-state index in [1.165, 1.54) is 21.3 Å². The molecule has 0 fully saturated rings. The van der Waals surface area contributed by atoms with E-state index in [2.05, 4.69) is 23.1 Å². The summed E-state index contributed by atoms with van der Waals surface area (Å²) in [6.07, 6.45) is 3.29. The summed E-state index contributed by atoms with van der Waals surface area (Å²) in [5, 5.41) is 3.38. The molecule has 134 valence electrons. The number of hydrazine groups is 1. The van der Waals surface area contributed by atoms with Crippen molar-refractivity contribution in [2.75, 3.05) is 27.9 Å². The molecule has 0 atom stereocenters. The van der Waals surface area contributed by atoms with Crippen molar-refractivity contribution in [1.82, 2.24) is 16.2 Å². The number of methoxy groups -OCH3 is 3. The van der Waals surface area contributed by atoms with Gasteiger partial charge in [-0.1, -0.05) is 19.8 Å². The van der Waals surface area contributed by atoms with Gasteiger partial charge in [0.15, 0.2) is 16.6 Å². The van der Waals surface area contributed by atoms with Crippen molar-refractivity contribution in [3.05, 3.63) is 17.7 Å². The number of thiocarbonyl (C=S) groups is 1. The first-order chi connectivity index (χ1) is 11.6. The maximum atomic E-state index is 12.3. The van der Waals surface area contributed by atoms with E-state index < -0.39 is 5.91 Å². The third kappa shape index (κ3) is 5.45. The molecule has 1 rings (SSSR count). The van der Waals surface area contributed by atoms with E-state index in [0.29, 0.717) is 22.2 Å². The van der Waals surface area contributed by atoms with E-state index in [-0.39, 0.29) is 5.75 Å². The molecule has 1 aromatic rings. The average molecular weight is 355 g/mol. The second-order valence-electron chi connectivity index (χ2n) is 4.92. The zero-order chi connectivity index (χ0) is 17.9. The van der Waals surface area contributed by atoms with E-state index in [4.69, 9.17) is 26.4 Å². The number of amides is 1. The van der Waals surface area contributed by atoms with Crippen LogP contribution in [0.2, 0.25) is 0 Å². The van der Waals surface area contributed by atoms with E-state index in [1.807, 2.05) is 0 Å². The lowest BCUT2D eigenvalue weighted by atomic mass is 10.1. The van der Waals surface area contributed by atoms with Crippen molar-refractivity contribution in [2.45, 2.75) is 26.2 Å². The van der Waals surface area contributed by atoms with Gasteiger partial charge < -0.3 is 19.5 Å². The zero-order valence-corrected chi connectivity index (χ0v) is 15.3. The minimum absolute atomic E-state index is 0.290. The van der Waals surface area contributed by atoms with Gasteiger partial charge in [-0.25, -0.2) is 0 Å². The summed E-state index contributed by atoms with van der Waals surface area (Å²) in [6, 6.07) is 3.23. The number of carbonyl (C=O) groups is 1. The highest BCUT2D eigenvalue weighted by molar-refractivity contribution is 7.80. The predicted molar refractivity (Wildman–Crippen MR) is 96.8 cm³/mol. The summed E-state index contributed by atoms with van der Waals surface area (Å²) < 4.78 is 15.7. The third-order valence-corrected chi connectivity index (χ3v) is 3.55. The van der Waals surface area contributed by atoms with Crippen LogP contribution in [0.25, 0.3) is 0 Å². The first-order valence-corrected chi connectivity index (χ1v) is 8.12. The Hall–Kier alpha value is -2.22. The van der Waals surface area contributed by atoms with Crippen molar-refractivity contribution >= 4 is 23.2 Å². The number of hydrogen-bond donors (Lipinski definition) is 3. The lowest BCUT2D eigenvalue weighted by Gasteiger charge is -2.16. The van der Waals surface area contributed by atoms with Crippen LogP contribution in [0.3, 0.4) is 0 Å². The molecule has 0 saturated carbocycles. The number of ether oxygens (including phenoxy) is 3. The molecule has 7 nitrogen and oxygen atoms in total. The second-order valence-corrected chi connectivity index (χ2v) is 5.33. The van der Waals surface area contributed by atoms with Crippen LogP contribution in [0, 0.1) is 0 Å². The number of nitrogens with one attached hydrogen (secondary N) is 3. The molecule has 0 aliphatic carbocycles. The van der Waals surface area contributed by atoms with Crippen LogP contribution in [-0.4, -0.2) is 38.9 Å². The van der Waals surface area contributed by atoms with Gasteiger partial charge in [0.2, 0.25) is 5.75 Å². The van der Waals surface area contributed by atoms with Gasteiger partial charge in [0.1, 0.15) is 0 Å². The van der Waals surface area contributed by atoms with Gasteiger partial charge in [-0.15, -0.1) is 0 Å². The Labute approximate surface area is 148 Å². The quantitative estimate of drug-likeness (QED) is 0.374. The fourth-order valence-electron chi connectivity index (χ4n) is 2.08. The van der Waals surface area contributed by atoms with E-state index in [9.17, 15) is 4.79 Å². The topological polar surface area (TPSA) is 80.9 Å². The molecule has 1 amide bonds. The Bertz CT molecular complexity index is 566. The number of rotatable bonds is 8. The Morgan fingerprint density at radius 2 is 1.75 bits per heavy atom. The lowest BCUT2D eigenvalue weighted by Crippen LogP contribution is -2.47. The molecule has 0 aromatic heterocycles. The number of carbonyl (C=O) groups excluding carboxylic acids is 1. The molecule has 0 spiro atoms. The van der Waals surface area contributed by atoms with Crippen molar-refractivity contribution in [2.24, 2.45) is 0 Å². The molecule has 1 aromatic carbocycles. The first kappa shape index (κ1) is 19.8. The predicted octanol–water partition coefficient (Wildman–Crippen LogP) is 2.01. The van der Waals surface area contributed by atoms with Crippen molar-refractivity contribution in [1.29, 1.82) is 0 Å². The van der Waals surface area contributed by atoms with E-state index in [0.717, 1.165) is 25.8 Å². The molecule has 24 heavy (non-hydrogen) atoms. The summed E-state index contributed by atoms with van der Waals surface area (Å²) in [6.45, 7) is 2.89. The molecule has 0 aliphatic heterocycles. The average Bonchev–Trinajstić information content (AvgIpc) is 2.61. The van der Waals surface area contributed by atoms with Gasteiger partial charge in [0.25, 0.3) is 5.91 Å². The smallest absolute Gasteiger partial charge is 0.273 e. The van der Waals surface area contributed by atoms with Gasteiger partial charge in [0, 0.05) is 6.54 Å². The molecule has 8 heteroatoms. The SMILES string of the molecule is CCCCCNC(=S)NNC(=O)c1ccc(OC)c(OC)c1OC. The van der Waals surface area contributed by atoms with Crippen molar-refractivity contribution < 1.29 is 19.0 Å². The summed E-state index contributed by atoms with van der Waals surface area (Å²) in [4.78, 5) is 12.3. The molecular weight excluding hydrogens is 330 g/mol. The van der Waals surface area contributed by atoms with Gasteiger partial charge in [0.05, 0.1) is 26.9 Å². The maximum absolute atomic E-state index is 12.3. The molecule has 0 radical (unpaired) electrons. The number of unbranched alkanes of at least 4 members (excludes halogenated alkanes) is 2. The summed E-state index contributed by atoms with van der Waals surface area (Å²) in [7, 11) is 4.46. The van der Waals surface area contributed by atoms with Crippen LogP contribution in [0.5, 0.6) is 17.2 Å². The highest BCUT2D eigenvalue weighted by atomic mass is 32.1. The van der Waals surface area contributed by atoms with Crippen LogP contribution in [0.15, 0.2) is 12.1 Å². The largest absolute Gasteiger partial charge is 0.493 e. The summed E-state index contributed by atoms with van der Waals surface area (Å²) in [5.41, 5.74) is 5.50. The second kappa shape index (κ2) is 10.5. The van der Waals surface area contributed by atoms with Crippen LogP contribution in [0.1, 0.15) is 36.5 Å². The number of benzene rings is 1. The normalized spacial score (nSPS) is 9.83. The molecule has 0 aliphatic rings. The minimum Gasteiger partial charge on any atom is -0.493 e. The van der Waals surface area contributed by atoms with Crippen LogP contribution >= 0.6 is 12.2 Å². The Balaban J connectivity index is 2.69. The van der Waals surface area contributed by atoms with Gasteiger partial charge >= 0.3 is 0 Å². The van der Waals surface area contributed by atoms with Crippen LogP contribution < -0.4 is 30.4 Å². The monoisotopic (exact) mass is 355 g/mol. The van der Waals surface area contributed by atoms with Crippen molar-refractivity contribution in [3.63, 3.8) is 0 Å². The molecule has 0 saturated heterocycles. The highest BCUT2D eigenvalue weighted by Crippen LogP contribution is 2.39. The molecule has 0 bridgehead atoms. The fraction of sp³-hybridized carbons (Fsp3) is 0.500. The maximum Gasteiger partial charge on any atom is 0.273 e. The summed E-state index contributed by atoms with van der Waals surface area (Å²) >= 11 is 5.11. The fourth-order valence-corrected chi connectivity index (χ4v) is 2.24. The standard InChI is InChI=1S/C16H25N3O4S/c1-5-6-7-10-17-16(24)19-18-15(20)11-8-9-12(21-2)14(23-4)13(11)22-3/h8-9H,5-7,10H2,1-4H3,(H,18,20)(H2,17,19,24). The molecule has 0 heterocycles. The minimum atomic E-state index is -0.398.